The summed E-state index contributed by atoms with van der Waals surface area (Å²) in [5.74, 6) is -1.57. The van der Waals surface area contributed by atoms with Gasteiger partial charge in [-0.3, -0.25) is 4.79 Å². The van der Waals surface area contributed by atoms with E-state index in [9.17, 15) is 11.3 Å². The molecule has 4 atom stereocenters. The molecule has 1 saturated carbocycles. The van der Waals surface area contributed by atoms with Crippen LogP contribution in [0.1, 0.15) is 44.0 Å². The Balaban J connectivity index is 2.01. The highest BCUT2D eigenvalue weighted by Gasteiger charge is 2.72. The molecule has 2 aliphatic heterocycles. The number of likely N-dealkylation sites (N-methyl/N-ethyl adjacent to an activating group) is 1. The third kappa shape index (κ3) is 1.32. The molecule has 0 amide bonds. The summed E-state index contributed by atoms with van der Waals surface area (Å²) >= 11 is 0. The number of rotatable bonds is 1. The fraction of sp³-hybridized carbons (Fsp3) is 0.611. The summed E-state index contributed by atoms with van der Waals surface area (Å²) in [5.41, 5.74) is -5.27. The molecule has 5 nitrogen and oxygen atoms in total. The van der Waals surface area contributed by atoms with Crippen LogP contribution >= 0.6 is 0 Å². The van der Waals surface area contributed by atoms with E-state index in [1.807, 2.05) is 0 Å². The average molecular weight is 325 g/mol. The largest absolute Gasteiger partial charge is 0.493 e. The van der Waals surface area contributed by atoms with Gasteiger partial charge in [0, 0.05) is 27.5 Å². The molecule has 5 heteroatoms. The topological polar surface area (TPSA) is 59.0 Å². The van der Waals surface area contributed by atoms with Crippen molar-refractivity contribution in [3.63, 3.8) is 0 Å². The van der Waals surface area contributed by atoms with Crippen LogP contribution in [0.15, 0.2) is 12.1 Å². The zero-order valence-electron chi connectivity index (χ0n) is 22.3. The molecule has 1 N–H and O–H groups in total. The minimum atomic E-state index is -3.07. The van der Waals surface area contributed by atoms with Gasteiger partial charge in [0.05, 0.1) is 22.2 Å². The second kappa shape index (κ2) is 4.08. The van der Waals surface area contributed by atoms with E-state index in [2.05, 4.69) is 0 Å². The first kappa shape index (κ1) is 7.11. The summed E-state index contributed by atoms with van der Waals surface area (Å²) in [6.45, 7) is -3.48. The summed E-state index contributed by atoms with van der Waals surface area (Å²) in [4.78, 5) is 13.7. The van der Waals surface area contributed by atoms with E-state index < -0.39 is 79.3 Å². The summed E-state index contributed by atoms with van der Waals surface area (Å²) in [5, 5.41) is 12.2. The summed E-state index contributed by atoms with van der Waals surface area (Å²) < 4.78 is 95.4. The number of ether oxygens (including phenoxy) is 2. The molecule has 1 aromatic rings. The van der Waals surface area contributed by atoms with Gasteiger partial charge in [-0.15, -0.1) is 0 Å². The Morgan fingerprint density at radius 3 is 3.26 bits per heavy atom. The smallest absolute Gasteiger partial charge is 0.174 e. The zero-order valence-corrected chi connectivity index (χ0v) is 12.3. The van der Waals surface area contributed by atoms with Crippen molar-refractivity contribution >= 4 is 5.78 Å². The first-order valence-corrected chi connectivity index (χ1v) is 7.38. The number of ketones is 1. The molecule has 23 heavy (non-hydrogen) atoms. The molecule has 0 aromatic heterocycles. The number of Topliss-reactive ketones (excluding diaryl/α,β-unsaturated/α-hetero) is 1. The lowest BCUT2D eigenvalue weighted by molar-refractivity contribution is -0.185. The number of carbonyl (C=O) groups is 1. The van der Waals surface area contributed by atoms with Crippen LogP contribution in [0.2, 0.25) is 0 Å². The molecule has 4 aliphatic rings. The normalized spacial score (nSPS) is 55.0. The predicted molar refractivity (Wildman–Crippen MR) is 83.0 cm³/mol. The van der Waals surface area contributed by atoms with Crippen molar-refractivity contribution in [1.82, 2.24) is 4.90 Å². The Morgan fingerprint density at radius 2 is 2.48 bits per heavy atom. The molecule has 1 aromatic carbocycles. The van der Waals surface area contributed by atoms with E-state index >= 15 is 0 Å². The average Bonchev–Trinajstić information content (AvgIpc) is 2.99. The lowest BCUT2D eigenvalue weighted by Gasteiger charge is -2.62. The maximum absolute atomic E-state index is 13.2. The van der Waals surface area contributed by atoms with Gasteiger partial charge in [0.15, 0.2) is 23.4 Å². The van der Waals surface area contributed by atoms with Crippen molar-refractivity contribution in [2.75, 3.05) is 20.6 Å². The van der Waals surface area contributed by atoms with Gasteiger partial charge in [0.25, 0.3) is 0 Å². The van der Waals surface area contributed by atoms with Crippen LogP contribution < -0.4 is 9.47 Å². The minimum absolute atomic E-state index is 0.116. The number of nitrogens with zero attached hydrogens (tertiary/aromatic N) is 1. The van der Waals surface area contributed by atoms with Gasteiger partial charge in [-0.1, -0.05) is 6.04 Å². The van der Waals surface area contributed by atoms with Crippen molar-refractivity contribution in [1.29, 1.82) is 0 Å². The number of aliphatic hydroxyl groups is 1. The lowest BCUT2D eigenvalue weighted by Crippen LogP contribution is -2.76. The van der Waals surface area contributed by atoms with Crippen molar-refractivity contribution in [2.45, 2.75) is 48.7 Å². The van der Waals surface area contributed by atoms with Gasteiger partial charge in [-0.05, 0) is 44.3 Å². The fourth-order valence-electron chi connectivity index (χ4n) is 4.43. The van der Waals surface area contributed by atoms with E-state index in [1.54, 1.807) is 0 Å². The molecule has 2 bridgehead atoms. The molecule has 122 valence electrons. The van der Waals surface area contributed by atoms with Crippen molar-refractivity contribution in [3.05, 3.63) is 23.2 Å². The fourth-order valence-corrected chi connectivity index (χ4v) is 4.43. The number of piperidine rings is 1. The number of hydrogen-bond donors (Lipinski definition) is 1. The molecular formula is C18H21NO4. The van der Waals surface area contributed by atoms with E-state index in [-0.39, 0.29) is 23.5 Å². The highest BCUT2D eigenvalue weighted by Crippen LogP contribution is 2.64. The molecule has 2 fully saturated rings. The predicted octanol–water partition coefficient (Wildman–Crippen LogP) is 1.05. The Kier molecular flexibility index (Phi) is 1.26. The van der Waals surface area contributed by atoms with E-state index in [0.717, 1.165) is 0 Å². The second-order valence-corrected chi connectivity index (χ2v) is 6.28. The van der Waals surface area contributed by atoms with Crippen LogP contribution in [-0.4, -0.2) is 54.1 Å². The van der Waals surface area contributed by atoms with Crippen LogP contribution in [-0.2, 0) is 16.6 Å². The Morgan fingerprint density at radius 1 is 1.61 bits per heavy atom. The first-order chi connectivity index (χ1) is 14.9. The lowest BCUT2D eigenvalue weighted by atomic mass is 9.49. The molecule has 2 aliphatic carbocycles. The number of hydrogen-bond acceptors (Lipinski definition) is 5. The summed E-state index contributed by atoms with van der Waals surface area (Å²) in [6.07, 6.45) is -8.85. The van der Waals surface area contributed by atoms with Gasteiger partial charge in [-0.25, -0.2) is 0 Å². The van der Waals surface area contributed by atoms with Crippen molar-refractivity contribution in [3.8, 4) is 11.5 Å². The van der Waals surface area contributed by atoms with Crippen LogP contribution in [0.5, 0.6) is 11.5 Å². The van der Waals surface area contributed by atoms with Crippen LogP contribution in [0.4, 0.5) is 0 Å². The molecule has 0 radical (unpaired) electrons. The van der Waals surface area contributed by atoms with Gasteiger partial charge < -0.3 is 19.5 Å². The standard InChI is InChI=1S/C18H21NO4/c1-19-8-7-17-14-10-3-4-12(22-2)15(14)23-16(17)11(20)5-6-18(17,21)13(19)9-10/h3-4,13,16,21H,5-9H2,1-2H3/t13-,16?,17+,18-/m1/s1/i1D3,3D,4D,5D2,9D2,13D. The summed E-state index contributed by atoms with van der Waals surface area (Å²) in [6, 6.07) is -4.30. The molecular weight excluding hydrogens is 294 g/mol. The molecule has 1 unspecified atom stereocenters. The Bertz CT molecular complexity index is 1120. The maximum Gasteiger partial charge on any atom is 0.174 e. The van der Waals surface area contributed by atoms with Crippen LogP contribution in [0, 0.1) is 0 Å². The third-order valence-corrected chi connectivity index (χ3v) is 5.45. The summed E-state index contributed by atoms with van der Waals surface area (Å²) in [7, 11) is 1.19. The Labute approximate surface area is 149 Å². The van der Waals surface area contributed by atoms with E-state index in [1.165, 1.54) is 7.11 Å². The third-order valence-electron chi connectivity index (χ3n) is 5.45. The van der Waals surface area contributed by atoms with Gasteiger partial charge in [0.2, 0.25) is 0 Å². The number of methoxy groups -OCH3 is 1. The van der Waals surface area contributed by atoms with Crippen molar-refractivity contribution < 1.29 is 33.1 Å². The van der Waals surface area contributed by atoms with Gasteiger partial charge in [-0.2, -0.15) is 0 Å². The van der Waals surface area contributed by atoms with Crippen LogP contribution in [0.3, 0.4) is 0 Å². The first-order valence-electron chi connectivity index (χ1n) is 12.4. The van der Waals surface area contributed by atoms with Gasteiger partial charge >= 0.3 is 0 Å². The monoisotopic (exact) mass is 325 g/mol. The Hall–Kier alpha value is -1.59. The van der Waals surface area contributed by atoms with Gasteiger partial charge in [0.1, 0.15) is 0 Å². The second-order valence-electron chi connectivity index (χ2n) is 6.28. The zero-order chi connectivity index (χ0) is 24.7. The quantitative estimate of drug-likeness (QED) is 0.836. The highest BCUT2D eigenvalue weighted by molar-refractivity contribution is 5.90. The highest BCUT2D eigenvalue weighted by atomic mass is 16.5. The maximum atomic E-state index is 13.2. The van der Waals surface area contributed by atoms with Crippen LogP contribution in [0.25, 0.3) is 0 Å². The molecule has 1 spiro atoms. The van der Waals surface area contributed by atoms with Crippen molar-refractivity contribution in [2.24, 2.45) is 0 Å². The number of carbonyl (C=O) groups excluding carboxylic acids is 1. The molecule has 1 saturated heterocycles. The van der Waals surface area contributed by atoms with E-state index in [0.29, 0.717) is 4.90 Å². The SMILES string of the molecule is [2H]c1c([2H])c2c3c(c1OC)OC1C(=O)C([2H])([2H])C[C@]4(O)[C@@]31CCN(C([2H])([2H])[2H])[C@]4([2H])C2([2H])[2H]. The minimum Gasteiger partial charge on any atom is -0.493 e. The van der Waals surface area contributed by atoms with E-state index in [4.69, 9.17) is 21.8 Å². The number of benzene rings is 1. The molecule has 2 heterocycles. The number of likely N-dealkylation sites (tertiary alicyclic amines) is 1. The molecule has 5 rings (SSSR count).